The van der Waals surface area contributed by atoms with Crippen LogP contribution in [0, 0.1) is 12.8 Å². The third-order valence-electron chi connectivity index (χ3n) is 3.23. The molecule has 0 aliphatic carbocycles. The number of benzene rings is 1. The van der Waals surface area contributed by atoms with Crippen molar-refractivity contribution in [3.05, 3.63) is 29.3 Å². The van der Waals surface area contributed by atoms with E-state index in [1.165, 1.54) is 0 Å². The number of amides is 1. The van der Waals surface area contributed by atoms with Crippen LogP contribution in [0.1, 0.15) is 29.8 Å². The molecule has 2 N–H and O–H groups in total. The molecule has 0 bridgehead atoms. The average Bonchev–Trinajstić information content (AvgIpc) is 2.37. The van der Waals surface area contributed by atoms with Crippen LogP contribution in [0.3, 0.4) is 0 Å². The van der Waals surface area contributed by atoms with Gasteiger partial charge in [-0.3, -0.25) is 4.79 Å². The Bertz CT molecular complexity index is 430. The van der Waals surface area contributed by atoms with E-state index >= 15 is 0 Å². The van der Waals surface area contributed by atoms with Gasteiger partial charge in [0, 0.05) is 25.4 Å². The molecule has 4 heteroatoms. The second-order valence-corrected chi connectivity index (χ2v) is 5.06. The fourth-order valence-electron chi connectivity index (χ4n) is 1.92. The van der Waals surface area contributed by atoms with Crippen LogP contribution < -0.4 is 10.6 Å². The summed E-state index contributed by atoms with van der Waals surface area (Å²) in [4.78, 5) is 12.2. The van der Waals surface area contributed by atoms with E-state index < -0.39 is 0 Å². The normalized spacial score (nSPS) is 12.3. The number of anilines is 1. The molecule has 0 heterocycles. The number of carbonyl (C=O) groups is 1. The van der Waals surface area contributed by atoms with Gasteiger partial charge in [0.25, 0.3) is 5.91 Å². The van der Waals surface area contributed by atoms with E-state index in [-0.39, 0.29) is 11.9 Å². The molecule has 1 atom stereocenters. The van der Waals surface area contributed by atoms with Crippen molar-refractivity contribution in [3.8, 4) is 0 Å². The van der Waals surface area contributed by atoms with Gasteiger partial charge in [-0.15, -0.1) is 0 Å². The quantitative estimate of drug-likeness (QED) is 0.829. The maximum absolute atomic E-state index is 12.2. The minimum absolute atomic E-state index is 0.0294. The molecule has 1 amide bonds. The fraction of sp³-hybridized carbons (Fsp3) is 0.533. The predicted molar refractivity (Wildman–Crippen MR) is 78.7 cm³/mol. The lowest BCUT2D eigenvalue weighted by atomic mass is 10.0. The Morgan fingerprint density at radius 2 is 2.05 bits per heavy atom. The molecule has 0 saturated carbocycles. The summed E-state index contributed by atoms with van der Waals surface area (Å²) in [6, 6.07) is 5.68. The van der Waals surface area contributed by atoms with Crippen molar-refractivity contribution in [3.63, 3.8) is 0 Å². The number of aryl methyl sites for hydroxylation is 1. The average molecular weight is 264 g/mol. The molecule has 0 aliphatic rings. The number of hydrogen-bond acceptors (Lipinski definition) is 3. The Morgan fingerprint density at radius 1 is 1.37 bits per heavy atom. The number of nitrogens with one attached hydrogen (secondary N) is 2. The van der Waals surface area contributed by atoms with Crippen molar-refractivity contribution >= 4 is 11.6 Å². The highest BCUT2D eigenvalue weighted by atomic mass is 16.5. The van der Waals surface area contributed by atoms with Gasteiger partial charge in [-0.25, -0.2) is 0 Å². The van der Waals surface area contributed by atoms with E-state index in [4.69, 9.17) is 4.74 Å². The van der Waals surface area contributed by atoms with Gasteiger partial charge in [-0.1, -0.05) is 13.8 Å². The van der Waals surface area contributed by atoms with Crippen molar-refractivity contribution in [1.82, 2.24) is 5.32 Å². The molecule has 0 saturated heterocycles. The summed E-state index contributed by atoms with van der Waals surface area (Å²) in [6.07, 6.45) is 0. The van der Waals surface area contributed by atoms with Gasteiger partial charge in [-0.2, -0.15) is 0 Å². The highest BCUT2D eigenvalue weighted by Gasteiger charge is 2.17. The Balaban J connectivity index is 2.79. The number of methoxy groups -OCH3 is 1. The zero-order valence-electron chi connectivity index (χ0n) is 12.4. The molecule has 1 aromatic carbocycles. The lowest BCUT2D eigenvalue weighted by molar-refractivity contribution is 0.0866. The molecular formula is C15H24N2O2. The first-order chi connectivity index (χ1) is 8.99. The predicted octanol–water partition coefficient (Wildman–Crippen LogP) is 2.44. The molecular weight excluding hydrogens is 240 g/mol. The fourth-order valence-corrected chi connectivity index (χ4v) is 1.92. The Kier molecular flexibility index (Phi) is 5.83. The van der Waals surface area contributed by atoms with Crippen molar-refractivity contribution in [2.24, 2.45) is 5.92 Å². The lowest BCUT2D eigenvalue weighted by Gasteiger charge is -2.21. The topological polar surface area (TPSA) is 50.4 Å². The zero-order chi connectivity index (χ0) is 14.4. The van der Waals surface area contributed by atoms with Gasteiger partial charge in [0.1, 0.15) is 0 Å². The first-order valence-corrected chi connectivity index (χ1v) is 6.57. The van der Waals surface area contributed by atoms with Gasteiger partial charge in [0.2, 0.25) is 0 Å². The molecule has 0 radical (unpaired) electrons. The first-order valence-electron chi connectivity index (χ1n) is 6.57. The minimum atomic E-state index is -0.0542. The smallest absolute Gasteiger partial charge is 0.251 e. The van der Waals surface area contributed by atoms with Crippen LogP contribution in [0.2, 0.25) is 0 Å². The maximum Gasteiger partial charge on any atom is 0.251 e. The van der Waals surface area contributed by atoms with E-state index in [2.05, 4.69) is 24.5 Å². The molecule has 1 rings (SSSR count). The molecule has 1 unspecified atom stereocenters. The second-order valence-electron chi connectivity index (χ2n) is 5.06. The standard InChI is InChI=1S/C15H24N2O2/c1-10(2)14(9-19-5)17-15(18)12-6-7-13(16-4)11(3)8-12/h6-8,10,14,16H,9H2,1-5H3,(H,17,18). The number of rotatable bonds is 6. The van der Waals surface area contributed by atoms with Crippen molar-refractivity contribution in [2.75, 3.05) is 26.1 Å². The molecule has 0 fully saturated rings. The molecule has 4 nitrogen and oxygen atoms in total. The van der Waals surface area contributed by atoms with Crippen LogP contribution in [-0.4, -0.2) is 32.7 Å². The zero-order valence-corrected chi connectivity index (χ0v) is 12.4. The molecule has 19 heavy (non-hydrogen) atoms. The largest absolute Gasteiger partial charge is 0.388 e. The molecule has 1 aromatic rings. The van der Waals surface area contributed by atoms with Crippen molar-refractivity contribution in [1.29, 1.82) is 0 Å². The summed E-state index contributed by atoms with van der Waals surface area (Å²) in [5.74, 6) is 0.281. The summed E-state index contributed by atoms with van der Waals surface area (Å²) in [6.45, 7) is 6.65. The maximum atomic E-state index is 12.2. The number of carbonyl (C=O) groups excluding carboxylic acids is 1. The highest BCUT2D eigenvalue weighted by Crippen LogP contribution is 2.16. The minimum Gasteiger partial charge on any atom is -0.388 e. The number of ether oxygens (including phenoxy) is 1. The van der Waals surface area contributed by atoms with Crippen LogP contribution >= 0.6 is 0 Å². The molecule has 0 aromatic heterocycles. The van der Waals surface area contributed by atoms with Gasteiger partial charge < -0.3 is 15.4 Å². The van der Waals surface area contributed by atoms with Gasteiger partial charge in [-0.05, 0) is 36.6 Å². The van der Waals surface area contributed by atoms with Crippen molar-refractivity contribution in [2.45, 2.75) is 26.8 Å². The summed E-state index contributed by atoms with van der Waals surface area (Å²) >= 11 is 0. The third kappa shape index (κ3) is 4.24. The van der Waals surface area contributed by atoms with E-state index in [9.17, 15) is 4.79 Å². The van der Waals surface area contributed by atoms with Crippen LogP contribution in [0.5, 0.6) is 0 Å². The van der Waals surface area contributed by atoms with Crippen LogP contribution in [0.25, 0.3) is 0 Å². The Morgan fingerprint density at radius 3 is 2.53 bits per heavy atom. The van der Waals surface area contributed by atoms with Crippen molar-refractivity contribution < 1.29 is 9.53 Å². The Hall–Kier alpha value is -1.55. The number of hydrogen-bond donors (Lipinski definition) is 2. The monoisotopic (exact) mass is 264 g/mol. The molecule has 0 spiro atoms. The SMILES string of the molecule is CNc1ccc(C(=O)NC(COC)C(C)C)cc1C. The van der Waals surface area contributed by atoms with E-state index in [0.717, 1.165) is 11.3 Å². The summed E-state index contributed by atoms with van der Waals surface area (Å²) in [7, 11) is 3.52. The van der Waals surface area contributed by atoms with E-state index in [1.54, 1.807) is 7.11 Å². The Labute approximate surface area is 115 Å². The third-order valence-corrected chi connectivity index (χ3v) is 3.23. The van der Waals surface area contributed by atoms with E-state index in [0.29, 0.717) is 18.1 Å². The second kappa shape index (κ2) is 7.14. The van der Waals surface area contributed by atoms with Gasteiger partial charge >= 0.3 is 0 Å². The molecule has 106 valence electrons. The van der Waals surface area contributed by atoms with Crippen LogP contribution in [-0.2, 0) is 4.74 Å². The molecule has 0 aliphatic heterocycles. The first kappa shape index (κ1) is 15.5. The lowest BCUT2D eigenvalue weighted by Crippen LogP contribution is -2.41. The summed E-state index contributed by atoms with van der Waals surface area (Å²) < 4.78 is 5.14. The summed E-state index contributed by atoms with van der Waals surface area (Å²) in [5.41, 5.74) is 2.77. The summed E-state index contributed by atoms with van der Waals surface area (Å²) in [5, 5.41) is 6.10. The van der Waals surface area contributed by atoms with E-state index in [1.807, 2.05) is 32.2 Å². The van der Waals surface area contributed by atoms with Crippen LogP contribution in [0.4, 0.5) is 5.69 Å². The highest BCUT2D eigenvalue weighted by molar-refractivity contribution is 5.95. The van der Waals surface area contributed by atoms with Gasteiger partial charge in [0.05, 0.1) is 12.6 Å². The van der Waals surface area contributed by atoms with Gasteiger partial charge in [0.15, 0.2) is 0 Å². The van der Waals surface area contributed by atoms with Crippen LogP contribution in [0.15, 0.2) is 18.2 Å².